The highest BCUT2D eigenvalue weighted by molar-refractivity contribution is 7.93. The lowest BCUT2D eigenvalue weighted by Crippen LogP contribution is -2.39. The lowest BCUT2D eigenvalue weighted by atomic mass is 10.2. The molecule has 3 N–H and O–H groups in total. The Morgan fingerprint density at radius 3 is 2.38 bits per heavy atom. The lowest BCUT2D eigenvalue weighted by molar-refractivity contribution is 0.583. The van der Waals surface area contributed by atoms with Gasteiger partial charge >= 0.3 is 0 Å². The predicted molar refractivity (Wildman–Crippen MR) is 33.1 cm³/mol. The molecule has 0 aromatic rings. The average molecular weight is 134 g/mol. The van der Waals surface area contributed by atoms with Crippen LogP contribution in [0.2, 0.25) is 0 Å². The minimum Gasteiger partial charge on any atom is -0.330 e. The van der Waals surface area contributed by atoms with Crippen LogP contribution in [0, 0.1) is 10.7 Å². The van der Waals surface area contributed by atoms with Crippen LogP contribution in [0.25, 0.3) is 0 Å². The minimum atomic E-state index is -2.12. The maximum absolute atomic E-state index is 10.6. The third-order valence-corrected chi connectivity index (χ3v) is 3.36. The van der Waals surface area contributed by atoms with Crippen molar-refractivity contribution in [3.05, 3.63) is 0 Å². The summed E-state index contributed by atoms with van der Waals surface area (Å²) in [6.45, 7) is 0.593. The van der Waals surface area contributed by atoms with Crippen molar-refractivity contribution in [2.24, 2.45) is 11.7 Å². The quantitative estimate of drug-likeness (QED) is 0.513. The van der Waals surface area contributed by atoms with Crippen molar-refractivity contribution < 1.29 is 4.21 Å². The van der Waals surface area contributed by atoms with E-state index in [4.69, 9.17) is 10.5 Å². The Kier molecular flexibility index (Phi) is 1.28. The second-order valence-electron chi connectivity index (χ2n) is 2.25. The van der Waals surface area contributed by atoms with E-state index in [1.54, 1.807) is 0 Å². The second kappa shape index (κ2) is 1.70. The van der Waals surface area contributed by atoms with Gasteiger partial charge in [0.15, 0.2) is 0 Å². The van der Waals surface area contributed by atoms with Gasteiger partial charge in [-0.3, -0.25) is 4.78 Å². The molecule has 1 saturated heterocycles. The molecule has 0 spiro atoms. The molecule has 0 atom stereocenters. The molecule has 0 aromatic heterocycles. The van der Waals surface area contributed by atoms with Crippen molar-refractivity contribution in [2.45, 2.75) is 0 Å². The van der Waals surface area contributed by atoms with Crippen LogP contribution in [-0.4, -0.2) is 22.3 Å². The van der Waals surface area contributed by atoms with Crippen LogP contribution in [0.1, 0.15) is 0 Å². The van der Waals surface area contributed by atoms with Crippen molar-refractivity contribution in [2.75, 3.05) is 18.1 Å². The van der Waals surface area contributed by atoms with Gasteiger partial charge in [0.05, 0.1) is 0 Å². The van der Waals surface area contributed by atoms with E-state index >= 15 is 0 Å². The largest absolute Gasteiger partial charge is 0.330 e. The van der Waals surface area contributed by atoms with Crippen LogP contribution >= 0.6 is 0 Å². The van der Waals surface area contributed by atoms with Crippen LogP contribution in [0.3, 0.4) is 0 Å². The molecule has 0 bridgehead atoms. The van der Waals surface area contributed by atoms with Gasteiger partial charge in [0, 0.05) is 21.2 Å². The van der Waals surface area contributed by atoms with Gasteiger partial charge in [-0.2, -0.15) is 0 Å². The zero-order chi connectivity index (χ0) is 6.20. The van der Waals surface area contributed by atoms with Gasteiger partial charge in [-0.1, -0.05) is 0 Å². The standard InChI is InChI=1S/C4H10N2OS/c5-1-4-2-8(6,7)3-4/h4,6H,1-3,5H2. The molecular weight excluding hydrogens is 124 g/mol. The van der Waals surface area contributed by atoms with E-state index in [1.165, 1.54) is 0 Å². The van der Waals surface area contributed by atoms with Crippen molar-refractivity contribution >= 4 is 9.73 Å². The van der Waals surface area contributed by atoms with E-state index in [1.807, 2.05) is 0 Å². The zero-order valence-corrected chi connectivity index (χ0v) is 5.41. The normalized spacial score (nSPS) is 45.9. The molecule has 48 valence electrons. The number of nitrogens with two attached hydrogens (primary N) is 1. The molecule has 0 amide bonds. The van der Waals surface area contributed by atoms with E-state index in [2.05, 4.69) is 0 Å². The molecule has 4 heteroatoms. The van der Waals surface area contributed by atoms with Gasteiger partial charge in [-0.15, -0.1) is 0 Å². The first-order valence-corrected chi connectivity index (χ1v) is 4.48. The Morgan fingerprint density at radius 1 is 1.75 bits per heavy atom. The smallest absolute Gasteiger partial charge is 0.0448 e. The van der Waals surface area contributed by atoms with Crippen molar-refractivity contribution in [3.8, 4) is 0 Å². The van der Waals surface area contributed by atoms with E-state index in [0.717, 1.165) is 0 Å². The Bertz CT molecular complexity index is 160. The summed E-state index contributed by atoms with van der Waals surface area (Å²) in [6, 6.07) is 0. The molecule has 0 aromatic carbocycles. The molecule has 0 unspecified atom stereocenters. The van der Waals surface area contributed by atoms with Crippen LogP contribution in [-0.2, 0) is 9.73 Å². The Labute approximate surface area is 49.2 Å². The molecule has 0 saturated carbocycles. The zero-order valence-electron chi connectivity index (χ0n) is 4.59. The summed E-state index contributed by atoms with van der Waals surface area (Å²) in [5.74, 6) is 1.44. The van der Waals surface area contributed by atoms with Gasteiger partial charge in [-0.25, -0.2) is 4.21 Å². The Balaban J connectivity index is 2.43. The third-order valence-electron chi connectivity index (χ3n) is 1.34. The van der Waals surface area contributed by atoms with E-state index < -0.39 is 9.73 Å². The second-order valence-corrected chi connectivity index (χ2v) is 4.54. The van der Waals surface area contributed by atoms with Gasteiger partial charge in [-0.05, 0) is 12.5 Å². The first kappa shape index (κ1) is 6.04. The van der Waals surface area contributed by atoms with Crippen molar-refractivity contribution in [1.82, 2.24) is 0 Å². The summed E-state index contributed by atoms with van der Waals surface area (Å²) in [5, 5.41) is 0. The van der Waals surface area contributed by atoms with Gasteiger partial charge < -0.3 is 5.73 Å². The van der Waals surface area contributed by atoms with E-state index in [9.17, 15) is 4.21 Å². The van der Waals surface area contributed by atoms with E-state index in [-0.39, 0.29) is 0 Å². The summed E-state index contributed by atoms with van der Waals surface area (Å²) in [5.41, 5.74) is 5.25. The molecule has 0 aliphatic carbocycles. The van der Waals surface area contributed by atoms with Gasteiger partial charge in [0.2, 0.25) is 0 Å². The SMILES string of the molecule is N=S1(=O)CC(CN)C1. The molecule has 1 rings (SSSR count). The van der Waals surface area contributed by atoms with Crippen molar-refractivity contribution in [1.29, 1.82) is 4.78 Å². The Hall–Kier alpha value is -0.0900. The fourth-order valence-electron chi connectivity index (χ4n) is 0.849. The highest BCUT2D eigenvalue weighted by atomic mass is 32.2. The molecular formula is C4H10N2OS. The molecule has 3 nitrogen and oxygen atoms in total. The first-order chi connectivity index (χ1) is 3.64. The number of hydrogen-bond acceptors (Lipinski definition) is 3. The first-order valence-electron chi connectivity index (χ1n) is 2.58. The summed E-state index contributed by atoms with van der Waals surface area (Å²) in [7, 11) is -2.12. The summed E-state index contributed by atoms with van der Waals surface area (Å²) in [6.07, 6.45) is 0. The van der Waals surface area contributed by atoms with Crippen LogP contribution in [0.15, 0.2) is 0 Å². The molecule has 1 aliphatic heterocycles. The minimum absolute atomic E-state index is 0.375. The fourth-order valence-corrected chi connectivity index (χ4v) is 2.55. The van der Waals surface area contributed by atoms with E-state index in [0.29, 0.717) is 24.0 Å². The summed E-state index contributed by atoms with van der Waals surface area (Å²) in [4.78, 5) is 0. The number of hydrogen-bond donors (Lipinski definition) is 2. The Morgan fingerprint density at radius 2 is 2.25 bits per heavy atom. The highest BCUT2D eigenvalue weighted by Gasteiger charge is 2.28. The topological polar surface area (TPSA) is 66.9 Å². The monoisotopic (exact) mass is 134 g/mol. The molecule has 1 aliphatic rings. The molecule has 1 heterocycles. The average Bonchev–Trinajstić information content (AvgIpc) is 1.60. The lowest BCUT2D eigenvalue weighted by Gasteiger charge is -2.26. The summed E-state index contributed by atoms with van der Waals surface area (Å²) < 4.78 is 17.6. The van der Waals surface area contributed by atoms with Crippen LogP contribution in [0.4, 0.5) is 0 Å². The highest BCUT2D eigenvalue weighted by Crippen LogP contribution is 2.16. The maximum Gasteiger partial charge on any atom is 0.0448 e. The third kappa shape index (κ3) is 1.00. The molecule has 1 fully saturated rings. The molecule has 8 heavy (non-hydrogen) atoms. The van der Waals surface area contributed by atoms with Crippen molar-refractivity contribution in [3.63, 3.8) is 0 Å². The van der Waals surface area contributed by atoms with Gasteiger partial charge in [0.1, 0.15) is 0 Å². The fraction of sp³-hybridized carbons (Fsp3) is 1.00. The predicted octanol–water partition coefficient (Wildman–Crippen LogP) is -0.378. The van der Waals surface area contributed by atoms with Gasteiger partial charge in [0.25, 0.3) is 0 Å². The summed E-state index contributed by atoms with van der Waals surface area (Å²) >= 11 is 0. The molecule has 0 radical (unpaired) electrons. The maximum atomic E-state index is 10.6. The van der Waals surface area contributed by atoms with Crippen LogP contribution < -0.4 is 5.73 Å². The van der Waals surface area contributed by atoms with Crippen LogP contribution in [0.5, 0.6) is 0 Å². The number of nitrogens with one attached hydrogen (secondary N) is 1. The number of rotatable bonds is 1.